The lowest BCUT2D eigenvalue weighted by Crippen LogP contribution is -2.66. The van der Waals surface area contributed by atoms with E-state index in [-0.39, 0.29) is 0 Å². The molecule has 0 bridgehead atoms. The smallest absolute Gasteiger partial charge is 0.107 e. The summed E-state index contributed by atoms with van der Waals surface area (Å²) in [4.78, 5) is 7.41. The van der Waals surface area contributed by atoms with Crippen LogP contribution in [0.5, 0.6) is 0 Å². The van der Waals surface area contributed by atoms with Crippen molar-refractivity contribution in [3.63, 3.8) is 0 Å². The second-order valence-electron chi connectivity index (χ2n) is 8.19. The van der Waals surface area contributed by atoms with E-state index < -0.39 is 0 Å². The van der Waals surface area contributed by atoms with Crippen molar-refractivity contribution in [2.24, 2.45) is 11.3 Å². The first kappa shape index (κ1) is 15.4. The molecule has 2 heterocycles. The summed E-state index contributed by atoms with van der Waals surface area (Å²) in [5.74, 6) is 0.868. The van der Waals surface area contributed by atoms with Crippen LogP contribution in [0.15, 0.2) is 5.38 Å². The lowest BCUT2D eigenvalue weighted by Gasteiger charge is -2.51. The van der Waals surface area contributed by atoms with Crippen molar-refractivity contribution in [2.75, 3.05) is 13.1 Å². The van der Waals surface area contributed by atoms with Crippen molar-refractivity contribution in [1.82, 2.24) is 15.2 Å². The van der Waals surface area contributed by atoms with Gasteiger partial charge >= 0.3 is 0 Å². The summed E-state index contributed by atoms with van der Waals surface area (Å²) in [5, 5.41) is 7.28. The van der Waals surface area contributed by atoms with Gasteiger partial charge in [-0.15, -0.1) is 11.3 Å². The molecule has 1 aromatic rings. The first-order chi connectivity index (χ1) is 9.79. The Hall–Kier alpha value is -0.450. The van der Waals surface area contributed by atoms with Gasteiger partial charge in [0.05, 0.1) is 6.54 Å². The highest BCUT2D eigenvalue weighted by Crippen LogP contribution is 2.45. The van der Waals surface area contributed by atoms with Crippen LogP contribution in [0.2, 0.25) is 0 Å². The highest BCUT2D eigenvalue weighted by atomic mass is 32.1. The van der Waals surface area contributed by atoms with Crippen molar-refractivity contribution in [3.05, 3.63) is 16.1 Å². The molecule has 1 aliphatic carbocycles. The van der Waals surface area contributed by atoms with Crippen LogP contribution in [0.25, 0.3) is 0 Å². The molecule has 1 saturated carbocycles. The van der Waals surface area contributed by atoms with Gasteiger partial charge in [0.25, 0.3) is 0 Å². The Balaban J connectivity index is 1.79. The maximum atomic E-state index is 4.69. The highest BCUT2D eigenvalue weighted by Gasteiger charge is 2.49. The molecule has 2 atom stereocenters. The Morgan fingerprint density at radius 1 is 1.43 bits per heavy atom. The van der Waals surface area contributed by atoms with E-state index in [4.69, 9.17) is 4.98 Å². The van der Waals surface area contributed by atoms with Gasteiger partial charge in [0.15, 0.2) is 0 Å². The third kappa shape index (κ3) is 3.17. The number of aryl methyl sites for hydroxylation is 1. The highest BCUT2D eigenvalue weighted by molar-refractivity contribution is 7.09. The van der Waals surface area contributed by atoms with Crippen LogP contribution in [-0.4, -0.2) is 34.6 Å². The van der Waals surface area contributed by atoms with Crippen molar-refractivity contribution in [2.45, 2.75) is 65.6 Å². The predicted octanol–water partition coefficient (Wildman–Crippen LogP) is 3.44. The molecular formula is C17H29N3S. The minimum atomic E-state index is 0.307. The zero-order chi connectivity index (χ0) is 15.3. The SMILES string of the molecule is Cc1csc(CN2CC(C(C)(C)C)NCC2(C)C2CC2)n1. The molecule has 2 aliphatic rings. The van der Waals surface area contributed by atoms with Crippen LogP contribution in [0.4, 0.5) is 0 Å². The molecule has 0 spiro atoms. The zero-order valence-electron chi connectivity index (χ0n) is 14.1. The third-order valence-electron chi connectivity index (χ3n) is 5.33. The van der Waals surface area contributed by atoms with E-state index >= 15 is 0 Å². The molecule has 1 N–H and O–H groups in total. The molecule has 2 fully saturated rings. The fourth-order valence-electron chi connectivity index (χ4n) is 3.51. The van der Waals surface area contributed by atoms with Crippen molar-refractivity contribution in [3.8, 4) is 0 Å². The van der Waals surface area contributed by atoms with Crippen LogP contribution in [-0.2, 0) is 6.54 Å². The second-order valence-corrected chi connectivity index (χ2v) is 9.14. The Morgan fingerprint density at radius 3 is 2.67 bits per heavy atom. The van der Waals surface area contributed by atoms with E-state index in [1.807, 2.05) is 11.3 Å². The third-order valence-corrected chi connectivity index (χ3v) is 6.28. The van der Waals surface area contributed by atoms with Gasteiger partial charge in [0, 0.05) is 35.7 Å². The Kier molecular flexibility index (Phi) is 3.92. The van der Waals surface area contributed by atoms with Crippen molar-refractivity contribution in [1.29, 1.82) is 0 Å². The number of hydrogen-bond donors (Lipinski definition) is 1. The second kappa shape index (κ2) is 5.32. The van der Waals surface area contributed by atoms with E-state index in [1.54, 1.807) is 0 Å². The first-order valence-corrected chi connectivity index (χ1v) is 9.06. The van der Waals surface area contributed by atoms with Crippen LogP contribution in [0.1, 0.15) is 51.2 Å². The van der Waals surface area contributed by atoms with Gasteiger partial charge in [0.1, 0.15) is 5.01 Å². The number of thiazole rings is 1. The summed E-state index contributed by atoms with van der Waals surface area (Å²) in [5.41, 5.74) is 1.77. The number of hydrogen-bond acceptors (Lipinski definition) is 4. The average Bonchev–Trinajstić information content (AvgIpc) is 3.16. The summed E-state index contributed by atoms with van der Waals surface area (Å²) < 4.78 is 0. The molecule has 1 aromatic heterocycles. The molecule has 21 heavy (non-hydrogen) atoms. The quantitative estimate of drug-likeness (QED) is 0.927. The topological polar surface area (TPSA) is 28.2 Å². The van der Waals surface area contributed by atoms with E-state index in [2.05, 4.69) is 50.2 Å². The van der Waals surface area contributed by atoms with Gasteiger partial charge < -0.3 is 5.32 Å². The summed E-state index contributed by atoms with van der Waals surface area (Å²) >= 11 is 1.81. The van der Waals surface area contributed by atoms with Crippen molar-refractivity contribution >= 4 is 11.3 Å². The van der Waals surface area contributed by atoms with E-state index in [1.165, 1.54) is 17.8 Å². The van der Waals surface area contributed by atoms with Crippen LogP contribution in [0, 0.1) is 18.3 Å². The first-order valence-electron chi connectivity index (χ1n) is 8.18. The molecule has 118 valence electrons. The van der Waals surface area contributed by atoms with Crippen LogP contribution >= 0.6 is 11.3 Å². The molecule has 1 aliphatic heterocycles. The molecule has 3 rings (SSSR count). The maximum absolute atomic E-state index is 4.69. The largest absolute Gasteiger partial charge is 0.310 e. The number of aromatic nitrogens is 1. The fourth-order valence-corrected chi connectivity index (χ4v) is 4.29. The van der Waals surface area contributed by atoms with Crippen LogP contribution in [0.3, 0.4) is 0 Å². The number of piperazine rings is 1. The predicted molar refractivity (Wildman–Crippen MR) is 89.6 cm³/mol. The monoisotopic (exact) mass is 307 g/mol. The summed E-state index contributed by atoms with van der Waals surface area (Å²) in [7, 11) is 0. The molecule has 3 nitrogen and oxygen atoms in total. The van der Waals surface area contributed by atoms with Gasteiger partial charge in [0.2, 0.25) is 0 Å². The minimum Gasteiger partial charge on any atom is -0.310 e. The molecule has 0 radical (unpaired) electrons. The lowest BCUT2D eigenvalue weighted by molar-refractivity contribution is 0.00412. The summed E-state index contributed by atoms with van der Waals surface area (Å²) in [6, 6.07) is 0.561. The lowest BCUT2D eigenvalue weighted by atomic mass is 9.81. The van der Waals surface area contributed by atoms with E-state index in [9.17, 15) is 0 Å². The van der Waals surface area contributed by atoms with Gasteiger partial charge in [-0.25, -0.2) is 4.98 Å². The Bertz CT molecular complexity index is 500. The maximum Gasteiger partial charge on any atom is 0.107 e. The standard InChI is InChI=1S/C17H29N3S/c1-12-10-21-15(19-12)9-20-8-14(16(2,3)4)18-11-17(20,5)13-6-7-13/h10,13-14,18H,6-9,11H2,1-5H3. The summed E-state index contributed by atoms with van der Waals surface area (Å²) in [6.45, 7) is 14.8. The number of nitrogens with zero attached hydrogens (tertiary/aromatic N) is 2. The zero-order valence-corrected chi connectivity index (χ0v) is 14.9. The van der Waals surface area contributed by atoms with Crippen molar-refractivity contribution < 1.29 is 0 Å². The van der Waals surface area contributed by atoms with Crippen LogP contribution < -0.4 is 5.32 Å². The van der Waals surface area contributed by atoms with E-state index in [0.29, 0.717) is 17.0 Å². The molecule has 2 unspecified atom stereocenters. The molecular weight excluding hydrogens is 278 g/mol. The number of nitrogens with one attached hydrogen (secondary N) is 1. The molecule has 1 saturated heterocycles. The fraction of sp³-hybridized carbons (Fsp3) is 0.824. The van der Waals surface area contributed by atoms with E-state index in [0.717, 1.165) is 31.2 Å². The number of rotatable bonds is 3. The average molecular weight is 308 g/mol. The van der Waals surface area contributed by atoms with Gasteiger partial charge in [-0.1, -0.05) is 20.8 Å². The normalized spacial score (nSPS) is 31.6. The molecule has 4 heteroatoms. The minimum absolute atomic E-state index is 0.307. The Labute approximate surface area is 133 Å². The molecule has 0 amide bonds. The van der Waals surface area contributed by atoms with Gasteiger partial charge in [-0.3, -0.25) is 4.90 Å². The van der Waals surface area contributed by atoms with Gasteiger partial charge in [-0.05, 0) is 38.0 Å². The Morgan fingerprint density at radius 2 is 2.14 bits per heavy atom. The van der Waals surface area contributed by atoms with Gasteiger partial charge in [-0.2, -0.15) is 0 Å². The molecule has 0 aromatic carbocycles. The summed E-state index contributed by atoms with van der Waals surface area (Å²) in [6.07, 6.45) is 2.79.